The molecule has 1 saturated carbocycles. The van der Waals surface area contributed by atoms with Crippen LogP contribution in [0.3, 0.4) is 0 Å². The highest BCUT2D eigenvalue weighted by Crippen LogP contribution is 2.43. The maximum absolute atomic E-state index is 13.5. The minimum atomic E-state index is -3.74. The maximum Gasteiger partial charge on any atom is 0.244 e. The largest absolute Gasteiger partial charge is 0.341 e. The summed E-state index contributed by atoms with van der Waals surface area (Å²) in [6.07, 6.45) is 3.07. The molecule has 1 aromatic rings. The van der Waals surface area contributed by atoms with Crippen LogP contribution in [-0.4, -0.2) is 43.1 Å². The van der Waals surface area contributed by atoms with E-state index >= 15 is 0 Å². The van der Waals surface area contributed by atoms with Gasteiger partial charge in [0.05, 0.1) is 4.90 Å². The van der Waals surface area contributed by atoms with E-state index in [0.717, 1.165) is 18.4 Å². The number of piperidine rings is 1. The number of sulfone groups is 1. The zero-order valence-electron chi connectivity index (χ0n) is 16.0. The number of rotatable bonds is 3. The number of aryl methyl sites for hydroxylation is 1. The number of hydrogen-bond acceptors (Lipinski definition) is 4. The van der Waals surface area contributed by atoms with E-state index in [9.17, 15) is 13.2 Å². The monoisotopic (exact) mass is 378 g/mol. The minimum absolute atomic E-state index is 0.0276. The number of carbonyl (C=O) groups excluding carboxylic acids is 1. The number of hydrogen-bond donors (Lipinski definition) is 1. The third kappa shape index (κ3) is 3.07. The van der Waals surface area contributed by atoms with Gasteiger partial charge < -0.3 is 10.6 Å². The molecule has 1 heterocycles. The Labute approximate surface area is 156 Å². The van der Waals surface area contributed by atoms with E-state index in [-0.39, 0.29) is 22.3 Å². The van der Waals surface area contributed by atoms with Gasteiger partial charge in [0.2, 0.25) is 5.91 Å². The number of nitrogens with two attached hydrogens (primary N) is 1. The summed E-state index contributed by atoms with van der Waals surface area (Å²) in [5.41, 5.74) is 6.99. The van der Waals surface area contributed by atoms with Crippen molar-refractivity contribution in [3.63, 3.8) is 0 Å². The SMILES string of the molecule is Cc1ccc(S(=O)(=O)C2(C(=O)N3CCC(N)C(C)(C)C3)CCCC2)cc1. The van der Waals surface area contributed by atoms with Gasteiger partial charge in [0.15, 0.2) is 14.6 Å². The van der Waals surface area contributed by atoms with Crippen LogP contribution >= 0.6 is 0 Å². The number of benzene rings is 1. The number of carbonyl (C=O) groups is 1. The highest BCUT2D eigenvalue weighted by Gasteiger charge is 2.55. The molecule has 1 amide bonds. The topological polar surface area (TPSA) is 80.5 Å². The van der Waals surface area contributed by atoms with Crippen LogP contribution in [0.4, 0.5) is 0 Å². The lowest BCUT2D eigenvalue weighted by molar-refractivity contribution is -0.137. The third-order valence-corrected chi connectivity index (χ3v) is 8.75. The Morgan fingerprint density at radius 3 is 2.27 bits per heavy atom. The van der Waals surface area contributed by atoms with Gasteiger partial charge in [0, 0.05) is 19.1 Å². The summed E-state index contributed by atoms with van der Waals surface area (Å²) in [7, 11) is -3.74. The average molecular weight is 379 g/mol. The molecule has 0 radical (unpaired) electrons. The van der Waals surface area contributed by atoms with E-state index in [1.54, 1.807) is 29.2 Å². The summed E-state index contributed by atoms with van der Waals surface area (Å²) < 4.78 is 25.7. The van der Waals surface area contributed by atoms with Crippen molar-refractivity contribution in [1.82, 2.24) is 4.90 Å². The van der Waals surface area contributed by atoms with Gasteiger partial charge in [0.1, 0.15) is 0 Å². The summed E-state index contributed by atoms with van der Waals surface area (Å²) in [4.78, 5) is 15.5. The van der Waals surface area contributed by atoms with E-state index in [4.69, 9.17) is 5.73 Å². The molecule has 144 valence electrons. The number of amides is 1. The fraction of sp³-hybridized carbons (Fsp3) is 0.650. The van der Waals surface area contributed by atoms with Crippen molar-refractivity contribution in [1.29, 1.82) is 0 Å². The summed E-state index contributed by atoms with van der Waals surface area (Å²) in [5.74, 6) is -0.226. The van der Waals surface area contributed by atoms with Crippen LogP contribution in [0.25, 0.3) is 0 Å². The third-order valence-electron chi connectivity index (χ3n) is 6.25. The Bertz CT molecular complexity index is 778. The quantitative estimate of drug-likeness (QED) is 0.877. The van der Waals surface area contributed by atoms with Gasteiger partial charge >= 0.3 is 0 Å². The second-order valence-corrected chi connectivity index (χ2v) is 10.9. The van der Waals surface area contributed by atoms with E-state index in [1.165, 1.54) is 0 Å². The molecule has 1 atom stereocenters. The molecule has 6 heteroatoms. The molecule has 5 nitrogen and oxygen atoms in total. The molecule has 2 fully saturated rings. The van der Waals surface area contributed by atoms with Crippen molar-refractivity contribution in [2.75, 3.05) is 13.1 Å². The van der Waals surface area contributed by atoms with Crippen LogP contribution in [0, 0.1) is 12.3 Å². The first-order valence-corrected chi connectivity index (χ1v) is 10.9. The summed E-state index contributed by atoms with van der Waals surface area (Å²) in [6, 6.07) is 6.88. The van der Waals surface area contributed by atoms with Crippen molar-refractivity contribution in [3.8, 4) is 0 Å². The molecule has 0 aromatic heterocycles. The van der Waals surface area contributed by atoms with Crippen LogP contribution in [-0.2, 0) is 14.6 Å². The Kier molecular flexibility index (Phi) is 4.95. The zero-order valence-corrected chi connectivity index (χ0v) is 16.8. The van der Waals surface area contributed by atoms with Gasteiger partial charge in [-0.3, -0.25) is 4.79 Å². The van der Waals surface area contributed by atoms with Crippen LogP contribution in [0.1, 0.15) is 51.5 Å². The van der Waals surface area contributed by atoms with Gasteiger partial charge in [-0.15, -0.1) is 0 Å². The van der Waals surface area contributed by atoms with Crippen LogP contribution in [0.5, 0.6) is 0 Å². The molecule has 1 aromatic carbocycles. The molecule has 2 N–H and O–H groups in total. The Balaban J connectivity index is 1.98. The van der Waals surface area contributed by atoms with Crippen molar-refractivity contribution in [3.05, 3.63) is 29.8 Å². The molecule has 26 heavy (non-hydrogen) atoms. The van der Waals surface area contributed by atoms with Gasteiger partial charge in [-0.05, 0) is 43.7 Å². The van der Waals surface area contributed by atoms with Crippen molar-refractivity contribution in [2.45, 2.75) is 68.6 Å². The predicted octanol–water partition coefficient (Wildman–Crippen LogP) is 2.67. The average Bonchev–Trinajstić information content (AvgIpc) is 3.08. The molecule has 2 aliphatic rings. The number of likely N-dealkylation sites (tertiary alicyclic amines) is 1. The first-order chi connectivity index (χ1) is 12.1. The number of nitrogens with zero attached hydrogens (tertiary/aromatic N) is 1. The van der Waals surface area contributed by atoms with E-state index < -0.39 is 14.6 Å². The van der Waals surface area contributed by atoms with E-state index in [2.05, 4.69) is 0 Å². The molecular formula is C20H30N2O3S. The van der Waals surface area contributed by atoms with Gasteiger partial charge in [-0.25, -0.2) is 8.42 Å². The highest BCUT2D eigenvalue weighted by molar-refractivity contribution is 7.93. The molecule has 1 unspecified atom stereocenters. The fourth-order valence-electron chi connectivity index (χ4n) is 4.32. The standard InChI is InChI=1S/C20H30N2O3S/c1-15-6-8-16(9-7-15)26(24,25)20(11-4-5-12-20)18(23)22-13-10-17(21)19(2,3)14-22/h6-9,17H,4-5,10-14,21H2,1-3H3. The first kappa shape index (κ1) is 19.4. The molecule has 1 saturated heterocycles. The molecule has 0 bridgehead atoms. The lowest BCUT2D eigenvalue weighted by Crippen LogP contribution is -2.59. The van der Waals surface area contributed by atoms with Crippen LogP contribution < -0.4 is 5.73 Å². The summed E-state index contributed by atoms with van der Waals surface area (Å²) in [5, 5.41) is 0. The van der Waals surface area contributed by atoms with Crippen molar-refractivity contribution >= 4 is 15.7 Å². The van der Waals surface area contributed by atoms with Crippen LogP contribution in [0.2, 0.25) is 0 Å². The molecule has 1 aliphatic carbocycles. The maximum atomic E-state index is 13.5. The normalized spacial score (nSPS) is 25.2. The molecule has 1 aliphatic heterocycles. The molecular weight excluding hydrogens is 348 g/mol. The minimum Gasteiger partial charge on any atom is -0.341 e. The Hall–Kier alpha value is -1.40. The smallest absolute Gasteiger partial charge is 0.244 e. The zero-order chi connectivity index (χ0) is 19.2. The van der Waals surface area contributed by atoms with E-state index in [1.807, 2.05) is 20.8 Å². The van der Waals surface area contributed by atoms with Crippen LogP contribution in [0.15, 0.2) is 29.2 Å². The van der Waals surface area contributed by atoms with Gasteiger partial charge in [-0.2, -0.15) is 0 Å². The molecule has 3 rings (SSSR count). The second-order valence-electron chi connectivity index (χ2n) is 8.63. The van der Waals surface area contributed by atoms with Gasteiger partial charge in [-0.1, -0.05) is 44.4 Å². The second kappa shape index (κ2) is 6.64. The highest BCUT2D eigenvalue weighted by atomic mass is 32.2. The lowest BCUT2D eigenvalue weighted by Gasteiger charge is -2.45. The van der Waals surface area contributed by atoms with Crippen molar-refractivity contribution in [2.24, 2.45) is 11.1 Å². The Morgan fingerprint density at radius 1 is 1.15 bits per heavy atom. The first-order valence-electron chi connectivity index (χ1n) is 9.46. The summed E-state index contributed by atoms with van der Waals surface area (Å²) >= 11 is 0. The van der Waals surface area contributed by atoms with Gasteiger partial charge in [0.25, 0.3) is 0 Å². The fourth-order valence-corrected chi connectivity index (χ4v) is 6.45. The molecule has 0 spiro atoms. The Morgan fingerprint density at radius 2 is 1.73 bits per heavy atom. The van der Waals surface area contributed by atoms with Crippen molar-refractivity contribution < 1.29 is 13.2 Å². The summed E-state index contributed by atoms with van der Waals surface area (Å²) in [6.45, 7) is 7.07. The predicted molar refractivity (Wildman–Crippen MR) is 103 cm³/mol. The lowest BCUT2D eigenvalue weighted by atomic mass is 9.79. The van der Waals surface area contributed by atoms with E-state index in [0.29, 0.717) is 32.4 Å².